The highest BCUT2D eigenvalue weighted by molar-refractivity contribution is 5.76. The van der Waals surface area contributed by atoms with E-state index in [0.717, 1.165) is 58.0 Å². The van der Waals surface area contributed by atoms with Gasteiger partial charge in [0.1, 0.15) is 0 Å². The van der Waals surface area contributed by atoms with E-state index in [9.17, 15) is 4.79 Å². The van der Waals surface area contributed by atoms with E-state index in [1.807, 2.05) is 0 Å². The van der Waals surface area contributed by atoms with Crippen molar-refractivity contribution in [3.63, 3.8) is 0 Å². The molecular formula is C19H35N3O2. The van der Waals surface area contributed by atoms with Gasteiger partial charge < -0.3 is 15.0 Å². The van der Waals surface area contributed by atoms with Crippen molar-refractivity contribution in [2.24, 2.45) is 5.92 Å². The summed E-state index contributed by atoms with van der Waals surface area (Å²) in [4.78, 5) is 17.4. The second-order valence-electron chi connectivity index (χ2n) is 8.09. The number of hydrogen-bond donors (Lipinski definition) is 1. The Hall–Kier alpha value is -0.650. The Labute approximate surface area is 147 Å². The third kappa shape index (κ3) is 4.93. The van der Waals surface area contributed by atoms with E-state index in [1.54, 1.807) is 0 Å². The van der Waals surface area contributed by atoms with E-state index >= 15 is 0 Å². The Kier molecular flexibility index (Phi) is 6.53. The second kappa shape index (κ2) is 8.63. The molecule has 3 heterocycles. The molecule has 5 heteroatoms. The number of morpholine rings is 1. The molecular weight excluding hydrogens is 302 g/mol. The summed E-state index contributed by atoms with van der Waals surface area (Å²) in [6.45, 7) is 10.5. The molecule has 3 atom stereocenters. The van der Waals surface area contributed by atoms with Gasteiger partial charge in [-0.25, -0.2) is 0 Å². The summed E-state index contributed by atoms with van der Waals surface area (Å²) >= 11 is 0. The fraction of sp³-hybridized carbons (Fsp3) is 0.947. The van der Waals surface area contributed by atoms with Crippen molar-refractivity contribution in [3.8, 4) is 0 Å². The number of piperidine rings is 1. The summed E-state index contributed by atoms with van der Waals surface area (Å²) in [5, 5.41) is 3.41. The summed E-state index contributed by atoms with van der Waals surface area (Å²) in [7, 11) is 0. The quantitative estimate of drug-likeness (QED) is 0.832. The van der Waals surface area contributed by atoms with Gasteiger partial charge in [-0.2, -0.15) is 0 Å². The van der Waals surface area contributed by atoms with Crippen LogP contribution in [0.1, 0.15) is 52.4 Å². The molecule has 0 saturated carbocycles. The van der Waals surface area contributed by atoms with Gasteiger partial charge in [-0.1, -0.05) is 0 Å². The first-order valence-electron chi connectivity index (χ1n) is 10.00. The summed E-state index contributed by atoms with van der Waals surface area (Å²) in [5.74, 6) is 1.14. The van der Waals surface area contributed by atoms with Crippen molar-refractivity contribution in [3.05, 3.63) is 0 Å². The Morgan fingerprint density at radius 3 is 2.54 bits per heavy atom. The third-order valence-corrected chi connectivity index (χ3v) is 5.89. The van der Waals surface area contributed by atoms with Crippen molar-refractivity contribution in [1.82, 2.24) is 15.1 Å². The molecule has 0 aromatic carbocycles. The van der Waals surface area contributed by atoms with E-state index in [-0.39, 0.29) is 0 Å². The first kappa shape index (κ1) is 18.2. The van der Waals surface area contributed by atoms with Crippen molar-refractivity contribution in [2.75, 3.05) is 39.3 Å². The molecule has 0 aromatic heterocycles. The van der Waals surface area contributed by atoms with E-state index in [2.05, 4.69) is 29.0 Å². The van der Waals surface area contributed by atoms with Crippen LogP contribution >= 0.6 is 0 Å². The number of carbonyl (C=O) groups is 1. The lowest BCUT2D eigenvalue weighted by Gasteiger charge is -2.38. The fourth-order valence-corrected chi connectivity index (χ4v) is 4.73. The largest absolute Gasteiger partial charge is 0.373 e. The zero-order valence-electron chi connectivity index (χ0n) is 15.5. The van der Waals surface area contributed by atoms with Gasteiger partial charge in [0.25, 0.3) is 0 Å². The molecule has 24 heavy (non-hydrogen) atoms. The smallest absolute Gasteiger partial charge is 0.222 e. The van der Waals surface area contributed by atoms with Crippen LogP contribution in [0.25, 0.3) is 0 Å². The third-order valence-electron chi connectivity index (χ3n) is 5.89. The van der Waals surface area contributed by atoms with E-state index < -0.39 is 0 Å². The average molecular weight is 338 g/mol. The maximum Gasteiger partial charge on any atom is 0.222 e. The number of amides is 1. The first-order valence-corrected chi connectivity index (χ1v) is 10.00. The number of nitrogens with zero attached hydrogens (tertiary/aromatic N) is 2. The van der Waals surface area contributed by atoms with Crippen molar-refractivity contribution in [1.29, 1.82) is 0 Å². The monoisotopic (exact) mass is 337 g/mol. The Morgan fingerprint density at radius 1 is 1.12 bits per heavy atom. The lowest BCUT2D eigenvalue weighted by Crippen LogP contribution is -2.51. The van der Waals surface area contributed by atoms with Gasteiger partial charge >= 0.3 is 0 Å². The highest BCUT2D eigenvalue weighted by atomic mass is 16.5. The van der Waals surface area contributed by atoms with Crippen LogP contribution in [0.4, 0.5) is 0 Å². The number of likely N-dealkylation sites (tertiary alicyclic amines) is 1. The zero-order valence-corrected chi connectivity index (χ0v) is 15.5. The molecule has 0 spiro atoms. The molecule has 1 N–H and O–H groups in total. The standard InChI is InChI=1S/C19H35N3O2/c1-15-12-21(13-16(2)24-15)14-18-4-3-11-22(18)19(23)6-5-17-7-9-20-10-8-17/h15-18,20H,3-14H2,1-2H3/t15-,16+,18-/m1/s1. The van der Waals surface area contributed by atoms with Gasteiger partial charge in [-0.15, -0.1) is 0 Å². The van der Waals surface area contributed by atoms with E-state index in [4.69, 9.17) is 4.74 Å². The van der Waals surface area contributed by atoms with Crippen LogP contribution in [-0.4, -0.2) is 73.2 Å². The molecule has 3 rings (SSSR count). The van der Waals surface area contributed by atoms with Crippen LogP contribution in [0.5, 0.6) is 0 Å². The zero-order chi connectivity index (χ0) is 16.9. The summed E-state index contributed by atoms with van der Waals surface area (Å²) in [5.41, 5.74) is 0. The molecule has 3 fully saturated rings. The topological polar surface area (TPSA) is 44.8 Å². The van der Waals surface area contributed by atoms with E-state index in [1.165, 1.54) is 25.7 Å². The van der Waals surface area contributed by atoms with Crippen LogP contribution in [0.15, 0.2) is 0 Å². The summed E-state index contributed by atoms with van der Waals surface area (Å²) in [6, 6.07) is 0.419. The van der Waals surface area contributed by atoms with Gasteiger partial charge in [-0.05, 0) is 65.0 Å². The minimum atomic E-state index is 0.305. The Bertz CT molecular complexity index is 401. The molecule has 3 aliphatic rings. The van der Waals surface area contributed by atoms with Crippen molar-refractivity contribution in [2.45, 2.75) is 70.6 Å². The fourth-order valence-electron chi connectivity index (χ4n) is 4.73. The molecule has 0 unspecified atom stereocenters. The van der Waals surface area contributed by atoms with Crippen LogP contribution < -0.4 is 5.32 Å². The Balaban J connectivity index is 1.46. The second-order valence-corrected chi connectivity index (χ2v) is 8.09. The Morgan fingerprint density at radius 2 is 1.83 bits per heavy atom. The first-order chi connectivity index (χ1) is 11.6. The number of ether oxygens (including phenoxy) is 1. The SMILES string of the molecule is C[C@@H]1CN(C[C@H]2CCCN2C(=O)CCC2CCNCC2)C[C@H](C)O1. The van der Waals surface area contributed by atoms with Crippen molar-refractivity contribution < 1.29 is 9.53 Å². The lowest BCUT2D eigenvalue weighted by atomic mass is 9.93. The highest BCUT2D eigenvalue weighted by Crippen LogP contribution is 2.24. The van der Waals surface area contributed by atoms with Gasteiger partial charge in [0, 0.05) is 38.6 Å². The van der Waals surface area contributed by atoms with Crippen LogP contribution in [-0.2, 0) is 9.53 Å². The van der Waals surface area contributed by atoms with Crippen molar-refractivity contribution >= 4 is 5.91 Å². The van der Waals surface area contributed by atoms with Crippen LogP contribution in [0.2, 0.25) is 0 Å². The molecule has 0 aliphatic carbocycles. The predicted molar refractivity (Wildman–Crippen MR) is 96.0 cm³/mol. The number of carbonyl (C=O) groups excluding carboxylic acids is 1. The number of nitrogens with one attached hydrogen (secondary N) is 1. The summed E-state index contributed by atoms with van der Waals surface area (Å²) < 4.78 is 5.83. The lowest BCUT2D eigenvalue weighted by molar-refractivity contribution is -0.133. The normalized spacial score (nSPS) is 33.1. The van der Waals surface area contributed by atoms with Gasteiger partial charge in [0.15, 0.2) is 0 Å². The molecule has 0 radical (unpaired) electrons. The van der Waals surface area contributed by atoms with Gasteiger partial charge in [0.2, 0.25) is 5.91 Å². The molecule has 5 nitrogen and oxygen atoms in total. The average Bonchev–Trinajstić information content (AvgIpc) is 3.01. The van der Waals surface area contributed by atoms with Crippen LogP contribution in [0, 0.1) is 5.92 Å². The molecule has 1 amide bonds. The minimum absolute atomic E-state index is 0.305. The maximum atomic E-state index is 12.7. The summed E-state index contributed by atoms with van der Waals surface area (Å²) in [6.07, 6.45) is 7.24. The predicted octanol–water partition coefficient (Wildman–Crippen LogP) is 1.87. The van der Waals surface area contributed by atoms with E-state index in [0.29, 0.717) is 24.2 Å². The minimum Gasteiger partial charge on any atom is -0.373 e. The number of rotatable bonds is 5. The molecule has 3 saturated heterocycles. The van der Waals surface area contributed by atoms with Gasteiger partial charge in [0.05, 0.1) is 12.2 Å². The van der Waals surface area contributed by atoms with Gasteiger partial charge in [-0.3, -0.25) is 9.69 Å². The number of hydrogen-bond acceptors (Lipinski definition) is 4. The maximum absolute atomic E-state index is 12.7. The molecule has 138 valence electrons. The molecule has 0 aromatic rings. The molecule has 3 aliphatic heterocycles. The highest BCUT2D eigenvalue weighted by Gasteiger charge is 2.32. The van der Waals surface area contributed by atoms with Crippen LogP contribution in [0.3, 0.4) is 0 Å². The molecule has 0 bridgehead atoms.